The van der Waals surface area contributed by atoms with Gasteiger partial charge in [0.05, 0.1) is 0 Å². The monoisotopic (exact) mass is 415 g/mol. The fraction of sp³-hybridized carbons (Fsp3) is 0.300. The van der Waals surface area contributed by atoms with Gasteiger partial charge in [0, 0.05) is 35.8 Å². The zero-order chi connectivity index (χ0) is 18.4. The molecule has 0 aromatic heterocycles. The van der Waals surface area contributed by atoms with Crippen molar-refractivity contribution in [1.29, 1.82) is 0 Å². The molecule has 1 fully saturated rings. The highest BCUT2D eigenvalue weighted by Gasteiger charge is 2.23. The van der Waals surface area contributed by atoms with Crippen molar-refractivity contribution >= 4 is 33.4 Å². The molecule has 2 N–H and O–H groups in total. The van der Waals surface area contributed by atoms with Crippen molar-refractivity contribution in [3.05, 3.63) is 64.6 Å². The zero-order valence-corrected chi connectivity index (χ0v) is 16.0. The van der Waals surface area contributed by atoms with Gasteiger partial charge in [-0.25, -0.2) is 0 Å². The lowest BCUT2D eigenvalue weighted by Crippen LogP contribution is -2.47. The smallest absolute Gasteiger partial charge is 0.313 e. The molecule has 3 rings (SSSR count). The minimum Gasteiger partial charge on any atom is -0.345 e. The van der Waals surface area contributed by atoms with Gasteiger partial charge in [-0.05, 0) is 42.7 Å². The number of likely N-dealkylation sites (tertiary alicyclic amines) is 1. The molecule has 26 heavy (non-hydrogen) atoms. The van der Waals surface area contributed by atoms with E-state index >= 15 is 0 Å². The number of hydrogen-bond donors (Lipinski definition) is 2. The van der Waals surface area contributed by atoms with Crippen LogP contribution in [0, 0.1) is 0 Å². The number of carbonyl (C=O) groups excluding carboxylic acids is 2. The number of anilines is 1. The number of carbonyl (C=O) groups is 2. The van der Waals surface area contributed by atoms with E-state index in [-0.39, 0.29) is 6.04 Å². The Balaban J connectivity index is 1.42. The Morgan fingerprint density at radius 3 is 2.27 bits per heavy atom. The molecule has 1 aliphatic rings. The average molecular weight is 416 g/mol. The predicted molar refractivity (Wildman–Crippen MR) is 106 cm³/mol. The van der Waals surface area contributed by atoms with Crippen LogP contribution in [0.1, 0.15) is 18.4 Å². The molecule has 136 valence electrons. The Labute approximate surface area is 161 Å². The molecule has 1 heterocycles. The maximum Gasteiger partial charge on any atom is 0.313 e. The van der Waals surface area contributed by atoms with Crippen molar-refractivity contribution in [2.75, 3.05) is 18.4 Å². The van der Waals surface area contributed by atoms with E-state index in [1.165, 1.54) is 5.56 Å². The molecule has 2 aromatic rings. The van der Waals surface area contributed by atoms with Crippen molar-refractivity contribution in [2.24, 2.45) is 0 Å². The Hall–Kier alpha value is -2.18. The van der Waals surface area contributed by atoms with Crippen LogP contribution in [0.4, 0.5) is 5.69 Å². The highest BCUT2D eigenvalue weighted by molar-refractivity contribution is 9.10. The molecule has 0 atom stereocenters. The first-order valence-corrected chi connectivity index (χ1v) is 9.53. The zero-order valence-electron chi connectivity index (χ0n) is 14.5. The largest absolute Gasteiger partial charge is 0.345 e. The van der Waals surface area contributed by atoms with Crippen LogP contribution < -0.4 is 10.6 Å². The third-order valence-electron chi connectivity index (χ3n) is 4.48. The van der Waals surface area contributed by atoms with Crippen LogP contribution in [0.25, 0.3) is 0 Å². The normalized spacial score (nSPS) is 15.4. The van der Waals surface area contributed by atoms with Crippen LogP contribution in [0.2, 0.25) is 0 Å². The molecular formula is C20H22BrN3O2. The second kappa shape index (κ2) is 8.96. The molecule has 5 nitrogen and oxygen atoms in total. The standard InChI is InChI=1S/C20H22BrN3O2/c21-16-6-8-17(9-7-16)22-19(25)20(26)23-18-10-12-24(13-11-18)14-15-4-2-1-3-5-15/h1-9,18H,10-14H2,(H,22,25)(H,23,26). The second-order valence-corrected chi connectivity index (χ2v) is 7.39. The summed E-state index contributed by atoms with van der Waals surface area (Å²) in [6.07, 6.45) is 1.70. The van der Waals surface area contributed by atoms with Crippen molar-refractivity contribution in [2.45, 2.75) is 25.4 Å². The Morgan fingerprint density at radius 2 is 1.62 bits per heavy atom. The van der Waals surface area contributed by atoms with Gasteiger partial charge in [0.2, 0.25) is 0 Å². The van der Waals surface area contributed by atoms with E-state index in [2.05, 4.69) is 43.6 Å². The first kappa shape index (κ1) is 18.6. The van der Waals surface area contributed by atoms with Gasteiger partial charge >= 0.3 is 11.8 Å². The maximum atomic E-state index is 12.1. The summed E-state index contributed by atoms with van der Waals surface area (Å²) in [5.74, 6) is -1.20. The molecule has 0 spiro atoms. The number of nitrogens with zero attached hydrogens (tertiary/aromatic N) is 1. The number of halogens is 1. The lowest BCUT2D eigenvalue weighted by atomic mass is 10.0. The summed E-state index contributed by atoms with van der Waals surface area (Å²) in [5, 5.41) is 5.47. The second-order valence-electron chi connectivity index (χ2n) is 6.47. The van der Waals surface area contributed by atoms with E-state index < -0.39 is 11.8 Å². The highest BCUT2D eigenvalue weighted by atomic mass is 79.9. The van der Waals surface area contributed by atoms with Gasteiger partial charge in [0.25, 0.3) is 0 Å². The van der Waals surface area contributed by atoms with Gasteiger partial charge in [-0.15, -0.1) is 0 Å². The van der Waals surface area contributed by atoms with Crippen LogP contribution in [0.5, 0.6) is 0 Å². The topological polar surface area (TPSA) is 61.4 Å². The van der Waals surface area contributed by atoms with Gasteiger partial charge in [0.1, 0.15) is 0 Å². The summed E-state index contributed by atoms with van der Waals surface area (Å²) >= 11 is 3.34. The van der Waals surface area contributed by atoms with Gasteiger partial charge in [0.15, 0.2) is 0 Å². The van der Waals surface area contributed by atoms with Crippen LogP contribution in [0.3, 0.4) is 0 Å². The lowest BCUT2D eigenvalue weighted by molar-refractivity contribution is -0.136. The third kappa shape index (κ3) is 5.41. The fourth-order valence-electron chi connectivity index (χ4n) is 3.05. The minimum absolute atomic E-state index is 0.0465. The summed E-state index contributed by atoms with van der Waals surface area (Å²) < 4.78 is 0.919. The van der Waals surface area contributed by atoms with Crippen molar-refractivity contribution < 1.29 is 9.59 Å². The predicted octanol–water partition coefficient (Wildman–Crippen LogP) is 3.17. The van der Waals surface area contributed by atoms with Crippen LogP contribution in [0.15, 0.2) is 59.1 Å². The van der Waals surface area contributed by atoms with Gasteiger partial charge in [-0.3, -0.25) is 14.5 Å². The Kier molecular flexibility index (Phi) is 6.41. The number of piperidine rings is 1. The molecule has 0 unspecified atom stereocenters. The lowest BCUT2D eigenvalue weighted by Gasteiger charge is -2.32. The van der Waals surface area contributed by atoms with Gasteiger partial charge in [-0.2, -0.15) is 0 Å². The van der Waals surface area contributed by atoms with Crippen molar-refractivity contribution in [3.63, 3.8) is 0 Å². The number of amides is 2. The maximum absolute atomic E-state index is 12.1. The van der Waals surface area contributed by atoms with E-state index in [0.29, 0.717) is 5.69 Å². The highest BCUT2D eigenvalue weighted by Crippen LogP contribution is 2.15. The van der Waals surface area contributed by atoms with Gasteiger partial charge < -0.3 is 10.6 Å². The van der Waals surface area contributed by atoms with Crippen LogP contribution in [-0.4, -0.2) is 35.8 Å². The van der Waals surface area contributed by atoms with E-state index in [9.17, 15) is 9.59 Å². The Bertz CT molecular complexity index is 741. The van der Waals surface area contributed by atoms with Crippen molar-refractivity contribution in [1.82, 2.24) is 10.2 Å². The van der Waals surface area contributed by atoms with E-state index in [0.717, 1.165) is 36.9 Å². The summed E-state index contributed by atoms with van der Waals surface area (Å²) in [6, 6.07) is 17.5. The van der Waals surface area contributed by atoms with E-state index in [4.69, 9.17) is 0 Å². The number of hydrogen-bond acceptors (Lipinski definition) is 3. The Morgan fingerprint density at radius 1 is 0.962 bits per heavy atom. The molecule has 0 bridgehead atoms. The number of nitrogens with one attached hydrogen (secondary N) is 2. The molecule has 6 heteroatoms. The molecular weight excluding hydrogens is 394 g/mol. The summed E-state index contributed by atoms with van der Waals surface area (Å²) in [7, 11) is 0. The van der Waals surface area contributed by atoms with Crippen LogP contribution in [-0.2, 0) is 16.1 Å². The SMILES string of the molecule is O=C(Nc1ccc(Br)cc1)C(=O)NC1CCN(Cc2ccccc2)CC1. The van der Waals surface area contributed by atoms with Crippen LogP contribution >= 0.6 is 15.9 Å². The first-order chi connectivity index (χ1) is 12.6. The molecule has 0 radical (unpaired) electrons. The summed E-state index contributed by atoms with van der Waals surface area (Å²) in [5.41, 5.74) is 1.90. The quantitative estimate of drug-likeness (QED) is 0.753. The summed E-state index contributed by atoms with van der Waals surface area (Å²) in [4.78, 5) is 26.5. The van der Waals surface area contributed by atoms with E-state index in [1.807, 2.05) is 30.3 Å². The molecule has 2 amide bonds. The first-order valence-electron chi connectivity index (χ1n) is 8.74. The molecule has 1 saturated heterocycles. The number of benzene rings is 2. The molecule has 1 aliphatic heterocycles. The minimum atomic E-state index is -0.626. The average Bonchev–Trinajstić information content (AvgIpc) is 2.66. The molecule has 0 saturated carbocycles. The van der Waals surface area contributed by atoms with Crippen molar-refractivity contribution in [3.8, 4) is 0 Å². The number of rotatable bonds is 4. The van der Waals surface area contributed by atoms with Gasteiger partial charge in [-0.1, -0.05) is 46.3 Å². The molecule has 0 aliphatic carbocycles. The third-order valence-corrected chi connectivity index (χ3v) is 5.01. The van der Waals surface area contributed by atoms with E-state index in [1.54, 1.807) is 12.1 Å². The molecule has 2 aromatic carbocycles. The fourth-order valence-corrected chi connectivity index (χ4v) is 3.31. The summed E-state index contributed by atoms with van der Waals surface area (Å²) in [6.45, 7) is 2.74.